The zero-order valence-electron chi connectivity index (χ0n) is 19.8. The minimum atomic E-state index is -0.223. The second kappa shape index (κ2) is 18.9. The number of hydrogen-bond acceptors (Lipinski definition) is 3. The van der Waals surface area contributed by atoms with Crippen LogP contribution in [0.15, 0.2) is 24.3 Å². The molecule has 176 valence electrons. The topological polar surface area (TPSA) is 66.4 Å². The molecule has 0 aromatic heterocycles. The van der Waals surface area contributed by atoms with Crippen LogP contribution in [0.4, 0.5) is 0 Å². The van der Waals surface area contributed by atoms with Crippen LogP contribution >= 0.6 is 0 Å². The van der Waals surface area contributed by atoms with Crippen molar-refractivity contribution >= 4 is 11.8 Å². The van der Waals surface area contributed by atoms with E-state index in [2.05, 4.69) is 12.2 Å². The van der Waals surface area contributed by atoms with Gasteiger partial charge in [-0.15, -0.1) is 0 Å². The highest BCUT2D eigenvalue weighted by Gasteiger charge is 2.08. The van der Waals surface area contributed by atoms with Gasteiger partial charge >= 0.3 is 0 Å². The van der Waals surface area contributed by atoms with Crippen LogP contribution in [0.25, 0.3) is 0 Å². The molecule has 4 heteroatoms. The van der Waals surface area contributed by atoms with Crippen molar-refractivity contribution < 1.29 is 14.7 Å². The van der Waals surface area contributed by atoms with Crippen molar-refractivity contribution in [3.05, 3.63) is 29.8 Å². The number of carbonyl (C=O) groups excluding carboxylic acids is 2. The third-order valence-electron chi connectivity index (χ3n) is 5.86. The van der Waals surface area contributed by atoms with Gasteiger partial charge in [0.05, 0.1) is 0 Å². The number of rotatable bonds is 19. The van der Waals surface area contributed by atoms with E-state index in [-0.39, 0.29) is 24.0 Å². The monoisotopic (exact) mass is 431 g/mol. The molecule has 31 heavy (non-hydrogen) atoms. The number of carbonyl (C=O) groups is 2. The Kier molecular flexibility index (Phi) is 16.6. The van der Waals surface area contributed by atoms with E-state index in [1.54, 1.807) is 24.3 Å². The second-order valence-corrected chi connectivity index (χ2v) is 8.84. The molecule has 2 N–H and O–H groups in total. The van der Waals surface area contributed by atoms with Gasteiger partial charge in [-0.1, -0.05) is 109 Å². The molecule has 0 aliphatic heterocycles. The summed E-state index contributed by atoms with van der Waals surface area (Å²) in [5, 5.41) is 11.7. The molecule has 0 saturated carbocycles. The van der Waals surface area contributed by atoms with Crippen molar-refractivity contribution in [2.24, 2.45) is 0 Å². The van der Waals surface area contributed by atoms with Crippen molar-refractivity contribution in [1.29, 1.82) is 0 Å². The molecule has 0 bridgehead atoms. The predicted octanol–water partition coefficient (Wildman–Crippen LogP) is 7.23. The highest BCUT2D eigenvalue weighted by atomic mass is 16.3. The molecule has 0 unspecified atom stereocenters. The lowest BCUT2D eigenvalue weighted by Crippen LogP contribution is -2.30. The van der Waals surface area contributed by atoms with Crippen LogP contribution in [-0.2, 0) is 16.0 Å². The van der Waals surface area contributed by atoms with Crippen LogP contribution in [0, 0.1) is 0 Å². The van der Waals surface area contributed by atoms with E-state index in [4.69, 9.17) is 0 Å². The molecule has 0 fully saturated rings. The van der Waals surface area contributed by atoms with Gasteiger partial charge in [0.25, 0.3) is 0 Å². The number of unbranched alkanes of at least 4 members (excludes halogenated alkanes) is 14. The first-order valence-electron chi connectivity index (χ1n) is 12.7. The molecule has 0 saturated heterocycles. The van der Waals surface area contributed by atoms with Gasteiger partial charge in [0.2, 0.25) is 11.8 Å². The summed E-state index contributed by atoms with van der Waals surface area (Å²) >= 11 is 0. The highest BCUT2D eigenvalue weighted by molar-refractivity contribution is 5.95. The number of amides is 2. The third kappa shape index (κ3) is 16.5. The fourth-order valence-corrected chi connectivity index (χ4v) is 3.86. The molecule has 2 amide bonds. The summed E-state index contributed by atoms with van der Waals surface area (Å²) in [6.07, 6.45) is 20.8. The molecular weight excluding hydrogens is 386 g/mol. The normalized spacial score (nSPS) is 10.9. The predicted molar refractivity (Wildman–Crippen MR) is 129 cm³/mol. The Balaban J connectivity index is 1.85. The van der Waals surface area contributed by atoms with Gasteiger partial charge in [0.1, 0.15) is 5.75 Å². The molecular formula is C27H45NO3. The second-order valence-electron chi connectivity index (χ2n) is 8.84. The summed E-state index contributed by atoms with van der Waals surface area (Å²) in [4.78, 5) is 23.8. The van der Waals surface area contributed by atoms with Crippen LogP contribution in [0.3, 0.4) is 0 Å². The van der Waals surface area contributed by atoms with E-state index < -0.39 is 0 Å². The maximum Gasteiger partial charge on any atom is 0.226 e. The first kappa shape index (κ1) is 27.2. The van der Waals surface area contributed by atoms with Crippen LogP contribution in [-0.4, -0.2) is 16.9 Å². The standard InChI is InChI=1S/C27H45NO3/c1-2-3-4-5-6-7-8-9-10-11-12-13-14-15-16-17-26(30)28-27(31)23-20-24-18-21-25(29)22-19-24/h18-19,21-22,29H,2-17,20,23H2,1H3,(H,28,30,31). The minimum absolute atomic E-state index is 0.162. The third-order valence-corrected chi connectivity index (χ3v) is 5.86. The Morgan fingerprint density at radius 1 is 0.645 bits per heavy atom. The van der Waals surface area contributed by atoms with E-state index in [0.29, 0.717) is 12.8 Å². The summed E-state index contributed by atoms with van der Waals surface area (Å²) in [5.41, 5.74) is 0.975. The van der Waals surface area contributed by atoms with Crippen molar-refractivity contribution in [1.82, 2.24) is 5.32 Å². The number of phenols is 1. The lowest BCUT2D eigenvalue weighted by Gasteiger charge is -2.05. The van der Waals surface area contributed by atoms with Gasteiger partial charge in [0, 0.05) is 12.8 Å². The number of aromatic hydroxyl groups is 1. The maximum atomic E-state index is 11.9. The van der Waals surface area contributed by atoms with Gasteiger partial charge in [0.15, 0.2) is 0 Å². The summed E-state index contributed by atoms with van der Waals surface area (Å²) in [7, 11) is 0. The van der Waals surface area contributed by atoms with E-state index in [1.165, 1.54) is 83.5 Å². The van der Waals surface area contributed by atoms with Crippen molar-refractivity contribution in [2.45, 2.75) is 122 Å². The molecule has 1 rings (SSSR count). The largest absolute Gasteiger partial charge is 0.508 e. The van der Waals surface area contributed by atoms with Crippen molar-refractivity contribution in [3.8, 4) is 5.75 Å². The van der Waals surface area contributed by atoms with Gasteiger partial charge in [-0.25, -0.2) is 0 Å². The SMILES string of the molecule is CCCCCCCCCCCCCCCCCC(=O)NC(=O)CCc1ccc(O)cc1. The van der Waals surface area contributed by atoms with Crippen molar-refractivity contribution in [2.75, 3.05) is 0 Å². The summed E-state index contributed by atoms with van der Waals surface area (Å²) < 4.78 is 0. The molecule has 0 aliphatic carbocycles. The summed E-state index contributed by atoms with van der Waals surface area (Å²) in [5.74, 6) is -0.170. The summed E-state index contributed by atoms with van der Waals surface area (Å²) in [6.45, 7) is 2.27. The average Bonchev–Trinajstić information content (AvgIpc) is 2.76. The fraction of sp³-hybridized carbons (Fsp3) is 0.704. The lowest BCUT2D eigenvalue weighted by molar-refractivity contribution is -0.130. The first-order chi connectivity index (χ1) is 15.1. The van der Waals surface area contributed by atoms with E-state index in [0.717, 1.165) is 18.4 Å². The first-order valence-corrected chi connectivity index (χ1v) is 12.7. The molecule has 4 nitrogen and oxygen atoms in total. The van der Waals surface area contributed by atoms with E-state index >= 15 is 0 Å². The minimum Gasteiger partial charge on any atom is -0.508 e. The highest BCUT2D eigenvalue weighted by Crippen LogP contribution is 2.14. The van der Waals surface area contributed by atoms with Crippen LogP contribution in [0.5, 0.6) is 5.75 Å². The van der Waals surface area contributed by atoms with Gasteiger partial charge in [-0.2, -0.15) is 0 Å². The van der Waals surface area contributed by atoms with Gasteiger partial charge in [-0.05, 0) is 30.5 Å². The smallest absolute Gasteiger partial charge is 0.226 e. The summed E-state index contributed by atoms with van der Waals surface area (Å²) in [6, 6.07) is 6.80. The average molecular weight is 432 g/mol. The number of phenolic OH excluding ortho intramolecular Hbond substituents is 1. The molecule has 1 aromatic rings. The number of aryl methyl sites for hydroxylation is 1. The Morgan fingerprint density at radius 3 is 1.55 bits per heavy atom. The van der Waals surface area contributed by atoms with Crippen LogP contribution in [0.2, 0.25) is 0 Å². The Morgan fingerprint density at radius 2 is 1.06 bits per heavy atom. The molecule has 0 radical (unpaired) electrons. The Labute approximate surface area is 190 Å². The number of nitrogens with one attached hydrogen (secondary N) is 1. The zero-order valence-corrected chi connectivity index (χ0v) is 19.8. The maximum absolute atomic E-state index is 11.9. The van der Waals surface area contributed by atoms with Crippen molar-refractivity contribution in [3.63, 3.8) is 0 Å². The molecule has 0 atom stereocenters. The number of hydrogen-bond donors (Lipinski definition) is 2. The molecule has 0 spiro atoms. The van der Waals surface area contributed by atoms with Gasteiger partial charge < -0.3 is 5.11 Å². The van der Waals surface area contributed by atoms with E-state index in [1.807, 2.05) is 0 Å². The van der Waals surface area contributed by atoms with Gasteiger partial charge in [-0.3, -0.25) is 14.9 Å². The molecule has 0 heterocycles. The number of imide groups is 1. The Hall–Kier alpha value is -1.84. The van der Waals surface area contributed by atoms with Crippen LogP contribution in [0.1, 0.15) is 122 Å². The van der Waals surface area contributed by atoms with E-state index in [9.17, 15) is 14.7 Å². The molecule has 0 aliphatic rings. The quantitative estimate of drug-likeness (QED) is 0.227. The zero-order chi connectivity index (χ0) is 22.6. The number of benzene rings is 1. The molecule has 1 aromatic carbocycles. The lowest BCUT2D eigenvalue weighted by atomic mass is 10.0. The Bertz CT molecular complexity index is 583. The fourth-order valence-electron chi connectivity index (χ4n) is 3.86. The van der Waals surface area contributed by atoms with Crippen LogP contribution < -0.4 is 5.32 Å².